The first-order valence-corrected chi connectivity index (χ1v) is 8.61. The van der Waals surface area contributed by atoms with Crippen LogP contribution in [0.1, 0.15) is 0 Å². The molecule has 1 aromatic heterocycles. The van der Waals surface area contributed by atoms with E-state index in [2.05, 4.69) is 25.7 Å². The Hall–Kier alpha value is -1.35. The maximum absolute atomic E-state index is 11.8. The Bertz CT molecular complexity index is 502. The molecule has 0 aliphatic rings. The molecule has 0 amide bonds. The molecule has 0 atom stereocenters. The van der Waals surface area contributed by atoms with Crippen LogP contribution in [0.25, 0.3) is 10.8 Å². The van der Waals surface area contributed by atoms with E-state index < -0.39 is 8.07 Å². The summed E-state index contributed by atoms with van der Waals surface area (Å²) in [5.74, 6) is 0. The van der Waals surface area contributed by atoms with Crippen LogP contribution < -0.4 is 10.0 Å². The lowest BCUT2D eigenvalue weighted by molar-refractivity contribution is -0.585. The van der Waals surface area contributed by atoms with Gasteiger partial charge in [-0.05, 0) is 11.5 Å². The van der Waals surface area contributed by atoms with Crippen molar-refractivity contribution in [2.45, 2.75) is 19.6 Å². The van der Waals surface area contributed by atoms with E-state index in [0.717, 1.165) is 20.8 Å². The van der Waals surface area contributed by atoms with Crippen molar-refractivity contribution in [3.05, 3.63) is 41.7 Å². The second-order valence-corrected chi connectivity index (χ2v) is 9.88. The molecule has 2 aromatic rings. The van der Waals surface area contributed by atoms with Gasteiger partial charge in [0.05, 0.1) is 0 Å². The Morgan fingerprint density at radius 1 is 1.07 bits per heavy atom. The third-order valence-electron chi connectivity index (χ3n) is 2.55. The summed E-state index contributed by atoms with van der Waals surface area (Å²) < 4.78 is 1.04. The molecular weight excluding hydrogens is 202 g/mol. The van der Waals surface area contributed by atoms with Crippen LogP contribution in [0.3, 0.4) is 0 Å². The number of rotatable bonds is 1. The van der Waals surface area contributed by atoms with Crippen molar-refractivity contribution in [1.29, 1.82) is 0 Å². The second kappa shape index (κ2) is 3.34. The Labute approximate surface area is 90.8 Å². The first-order chi connectivity index (χ1) is 6.98. The number of aromatic nitrogens is 1. The van der Waals surface area contributed by atoms with Crippen molar-refractivity contribution in [1.82, 2.24) is 0 Å². The molecule has 1 aromatic carbocycles. The minimum Gasteiger partial charge on any atom is -0.619 e. The highest BCUT2D eigenvalue weighted by Crippen LogP contribution is 2.11. The molecule has 0 bridgehead atoms. The summed E-state index contributed by atoms with van der Waals surface area (Å²) in [5.41, 5.74) is 0. The Morgan fingerprint density at radius 3 is 2.27 bits per heavy atom. The zero-order valence-electron chi connectivity index (χ0n) is 9.32. The lowest BCUT2D eigenvalue weighted by atomic mass is 10.2. The number of hydrogen-bond acceptors (Lipinski definition) is 1. The van der Waals surface area contributed by atoms with E-state index in [1.165, 1.54) is 0 Å². The highest BCUT2D eigenvalue weighted by Gasteiger charge is 2.26. The molecule has 78 valence electrons. The van der Waals surface area contributed by atoms with Gasteiger partial charge in [0, 0.05) is 11.5 Å². The molecule has 0 N–H and O–H groups in total. The lowest BCUT2D eigenvalue weighted by Gasteiger charge is -2.15. The largest absolute Gasteiger partial charge is 0.619 e. The van der Waals surface area contributed by atoms with Gasteiger partial charge < -0.3 is 5.21 Å². The van der Waals surface area contributed by atoms with Crippen LogP contribution in [0.4, 0.5) is 0 Å². The van der Waals surface area contributed by atoms with Gasteiger partial charge in [0.2, 0.25) is 0 Å². The van der Waals surface area contributed by atoms with Crippen LogP contribution in [-0.2, 0) is 0 Å². The van der Waals surface area contributed by atoms with Crippen molar-refractivity contribution in [3.63, 3.8) is 0 Å². The number of pyridine rings is 1. The Morgan fingerprint density at radius 2 is 1.67 bits per heavy atom. The topological polar surface area (TPSA) is 26.9 Å². The average Bonchev–Trinajstić information content (AvgIpc) is 2.15. The van der Waals surface area contributed by atoms with Crippen molar-refractivity contribution in [2.24, 2.45) is 0 Å². The van der Waals surface area contributed by atoms with E-state index in [4.69, 9.17) is 0 Å². The second-order valence-electron chi connectivity index (χ2n) is 4.86. The third-order valence-corrected chi connectivity index (χ3v) is 4.45. The standard InChI is InChI=1S/C12H15NOSi/c1-15(2,3)12-8-10-6-4-5-7-11(10)9-13(12)14/h4-9H,1-3H3. The SMILES string of the molecule is C[Si](C)(C)c1cc2ccccc2c[n+]1[O-]. The van der Waals surface area contributed by atoms with Crippen LogP contribution in [0.15, 0.2) is 36.5 Å². The number of nitrogens with zero attached hydrogens (tertiary/aromatic N) is 1. The predicted octanol–water partition coefficient (Wildman–Crippen LogP) is 2.02. The molecule has 3 heteroatoms. The summed E-state index contributed by atoms with van der Waals surface area (Å²) in [5, 5.41) is 14.9. The molecule has 0 unspecified atom stereocenters. The van der Waals surface area contributed by atoms with Crippen molar-refractivity contribution >= 4 is 24.2 Å². The van der Waals surface area contributed by atoms with Crippen LogP contribution in [0.5, 0.6) is 0 Å². The van der Waals surface area contributed by atoms with Crippen LogP contribution in [0.2, 0.25) is 19.6 Å². The van der Waals surface area contributed by atoms with Gasteiger partial charge in [-0.25, -0.2) is 0 Å². The van der Waals surface area contributed by atoms with Crippen molar-refractivity contribution in [3.8, 4) is 0 Å². The molecule has 0 spiro atoms. The fourth-order valence-electron chi connectivity index (χ4n) is 1.71. The van der Waals surface area contributed by atoms with Gasteiger partial charge in [0.1, 0.15) is 0 Å². The number of hydrogen-bond donors (Lipinski definition) is 0. The average molecular weight is 217 g/mol. The summed E-state index contributed by atoms with van der Waals surface area (Å²) in [4.78, 5) is 0. The van der Waals surface area contributed by atoms with E-state index in [-0.39, 0.29) is 0 Å². The predicted molar refractivity (Wildman–Crippen MR) is 65.9 cm³/mol. The maximum Gasteiger partial charge on any atom is 0.187 e. The van der Waals surface area contributed by atoms with Gasteiger partial charge in [-0.3, -0.25) is 0 Å². The summed E-state index contributed by atoms with van der Waals surface area (Å²) >= 11 is 0. The molecule has 0 saturated carbocycles. The first kappa shape index (κ1) is 10.2. The number of fused-ring (bicyclic) bond motifs is 1. The molecule has 0 aliphatic heterocycles. The van der Waals surface area contributed by atoms with E-state index in [1.54, 1.807) is 6.20 Å². The first-order valence-electron chi connectivity index (χ1n) is 5.11. The van der Waals surface area contributed by atoms with Gasteiger partial charge in [-0.1, -0.05) is 37.8 Å². The van der Waals surface area contributed by atoms with Crippen LogP contribution in [0, 0.1) is 5.21 Å². The van der Waals surface area contributed by atoms with Crippen LogP contribution in [-0.4, -0.2) is 8.07 Å². The number of benzene rings is 1. The maximum atomic E-state index is 11.8. The smallest absolute Gasteiger partial charge is 0.187 e. The quantitative estimate of drug-likeness (QED) is 0.408. The summed E-state index contributed by atoms with van der Waals surface area (Å²) in [6.07, 6.45) is 1.68. The van der Waals surface area contributed by atoms with E-state index in [1.807, 2.05) is 24.3 Å². The highest BCUT2D eigenvalue weighted by molar-refractivity contribution is 6.87. The molecule has 2 nitrogen and oxygen atoms in total. The normalized spacial score (nSPS) is 11.9. The minimum atomic E-state index is -1.54. The van der Waals surface area contributed by atoms with E-state index >= 15 is 0 Å². The van der Waals surface area contributed by atoms with Crippen molar-refractivity contribution in [2.75, 3.05) is 0 Å². The Balaban J connectivity index is 2.73. The fourth-order valence-corrected chi connectivity index (χ4v) is 3.03. The monoisotopic (exact) mass is 217 g/mol. The molecule has 1 heterocycles. The molecule has 0 aliphatic carbocycles. The van der Waals surface area contributed by atoms with E-state index in [9.17, 15) is 5.21 Å². The van der Waals surface area contributed by atoms with Gasteiger partial charge in [-0.2, -0.15) is 4.73 Å². The van der Waals surface area contributed by atoms with E-state index in [0.29, 0.717) is 0 Å². The fraction of sp³-hybridized carbons (Fsp3) is 0.250. The van der Waals surface area contributed by atoms with Crippen LogP contribution >= 0.6 is 0 Å². The summed E-state index contributed by atoms with van der Waals surface area (Å²) in [6, 6.07) is 10.0. The highest BCUT2D eigenvalue weighted by atomic mass is 28.3. The molecule has 0 saturated heterocycles. The molecule has 2 rings (SSSR count). The zero-order valence-corrected chi connectivity index (χ0v) is 10.3. The lowest BCUT2D eigenvalue weighted by Crippen LogP contribution is -2.57. The van der Waals surface area contributed by atoms with Crippen molar-refractivity contribution < 1.29 is 4.73 Å². The van der Waals surface area contributed by atoms with Gasteiger partial charge >= 0.3 is 0 Å². The molecular formula is C12H15NOSi. The Kier molecular flexibility index (Phi) is 2.27. The van der Waals surface area contributed by atoms with Gasteiger partial charge in [-0.15, -0.1) is 0 Å². The minimum absolute atomic E-state index is 0.946. The molecule has 15 heavy (non-hydrogen) atoms. The van der Waals surface area contributed by atoms with Gasteiger partial charge in [0.15, 0.2) is 19.6 Å². The van der Waals surface area contributed by atoms with Gasteiger partial charge in [0.25, 0.3) is 0 Å². The third kappa shape index (κ3) is 1.88. The summed E-state index contributed by atoms with van der Waals surface area (Å²) in [6.45, 7) is 6.56. The zero-order chi connectivity index (χ0) is 11.1. The molecule has 0 fully saturated rings. The summed E-state index contributed by atoms with van der Waals surface area (Å²) in [7, 11) is -1.54. The molecule has 0 radical (unpaired) electrons.